The molecule has 5 heterocycles. The van der Waals surface area contributed by atoms with E-state index in [-0.39, 0.29) is 24.7 Å². The van der Waals surface area contributed by atoms with Gasteiger partial charge >= 0.3 is 12.1 Å². The number of fused-ring (bicyclic) bond motifs is 1. The number of hydrogen-bond acceptors (Lipinski definition) is 13. The fourth-order valence-corrected chi connectivity index (χ4v) is 8.71. The lowest BCUT2D eigenvalue weighted by Crippen LogP contribution is -2.60. The summed E-state index contributed by atoms with van der Waals surface area (Å²) >= 11 is 1.24. The van der Waals surface area contributed by atoms with Gasteiger partial charge < -0.3 is 38.8 Å². The van der Waals surface area contributed by atoms with Crippen LogP contribution in [0.3, 0.4) is 0 Å². The van der Waals surface area contributed by atoms with Gasteiger partial charge in [-0.15, -0.1) is 11.3 Å². The summed E-state index contributed by atoms with van der Waals surface area (Å²) in [6.45, 7) is 16.6. The number of esters is 1. The Balaban J connectivity index is 1.43. The van der Waals surface area contributed by atoms with Crippen molar-refractivity contribution in [3.8, 4) is 22.5 Å². The number of aromatic nitrogens is 3. The lowest BCUT2D eigenvalue weighted by atomic mass is 9.84. The summed E-state index contributed by atoms with van der Waals surface area (Å²) in [6, 6.07) is 3.67. The number of hydrazine groups is 1. The number of nitrogens with zero attached hydrogens (tertiary/aromatic N) is 5. The third-order valence-corrected chi connectivity index (χ3v) is 11.9. The van der Waals surface area contributed by atoms with Crippen LogP contribution in [0, 0.1) is 11.2 Å². The topological polar surface area (TPSA) is 170 Å². The zero-order chi connectivity index (χ0) is 44.2. The molecule has 2 saturated heterocycles. The van der Waals surface area contributed by atoms with Crippen LogP contribution < -0.4 is 15.6 Å². The van der Waals surface area contributed by atoms with Crippen LogP contribution in [-0.4, -0.2) is 114 Å². The highest BCUT2D eigenvalue weighted by molar-refractivity contribution is 7.10. The predicted molar refractivity (Wildman–Crippen MR) is 232 cm³/mol. The molecule has 0 spiro atoms. The number of nitrogens with one attached hydrogen (secondary N) is 2. The highest BCUT2D eigenvalue weighted by Crippen LogP contribution is 2.43. The molecule has 3 N–H and O–H groups in total. The number of pyridine rings is 1. The minimum Gasteiger partial charge on any atom is -0.468 e. The third-order valence-electron chi connectivity index (χ3n) is 11.1. The van der Waals surface area contributed by atoms with Crippen molar-refractivity contribution in [2.45, 2.75) is 104 Å². The number of carbonyl (C=O) groups is 3. The van der Waals surface area contributed by atoms with E-state index >= 15 is 4.39 Å². The Labute approximate surface area is 360 Å². The van der Waals surface area contributed by atoms with Crippen molar-refractivity contribution >= 4 is 45.9 Å². The monoisotopic (exact) mass is 865 g/mol. The Kier molecular flexibility index (Phi) is 14.4. The van der Waals surface area contributed by atoms with Gasteiger partial charge in [0, 0.05) is 68.2 Å². The summed E-state index contributed by atoms with van der Waals surface area (Å²) in [6.07, 6.45) is 2.21. The van der Waals surface area contributed by atoms with E-state index in [1.807, 2.05) is 40.0 Å². The maximum Gasteiger partial charge on any atom is 0.408 e. The van der Waals surface area contributed by atoms with Gasteiger partial charge in [-0.25, -0.2) is 19.6 Å². The molecule has 0 unspecified atom stereocenters. The number of methoxy groups -OCH3 is 2. The number of ether oxygens (including phenoxy) is 4. The molecule has 0 bridgehead atoms. The molecule has 4 aromatic rings. The number of aryl methyl sites for hydroxylation is 1. The molecule has 6 rings (SSSR count). The predicted octanol–water partition coefficient (Wildman–Crippen LogP) is 6.20. The number of halogens is 1. The maximum absolute atomic E-state index is 16.6. The third kappa shape index (κ3) is 10.5. The molecule has 332 valence electrons. The summed E-state index contributed by atoms with van der Waals surface area (Å²) in [4.78, 5) is 51.4. The average molecular weight is 866 g/mol. The van der Waals surface area contributed by atoms with Crippen LogP contribution in [0.25, 0.3) is 33.4 Å². The molecule has 2 aliphatic rings. The number of alkyl carbamates (subject to hydrolysis) is 1. The first kappa shape index (κ1) is 45.8. The van der Waals surface area contributed by atoms with E-state index in [1.165, 1.54) is 23.5 Å². The van der Waals surface area contributed by atoms with Crippen molar-refractivity contribution in [3.63, 3.8) is 0 Å². The van der Waals surface area contributed by atoms with E-state index in [9.17, 15) is 19.5 Å². The largest absolute Gasteiger partial charge is 0.468 e. The smallest absolute Gasteiger partial charge is 0.408 e. The first-order valence-electron chi connectivity index (χ1n) is 20.9. The molecule has 15 nitrogen and oxygen atoms in total. The Morgan fingerprint density at radius 1 is 1.10 bits per heavy atom. The van der Waals surface area contributed by atoms with Gasteiger partial charge in [-0.2, -0.15) is 0 Å². The molecule has 3 atom stereocenters. The molecule has 0 saturated carbocycles. The first-order chi connectivity index (χ1) is 29.0. The second kappa shape index (κ2) is 19.2. The number of morpholine rings is 1. The molecule has 2 aliphatic heterocycles. The molecule has 0 radical (unpaired) electrons. The van der Waals surface area contributed by atoms with Gasteiger partial charge in [0.25, 0.3) is 5.91 Å². The number of benzene rings is 1. The number of aliphatic hydroxyl groups is 1. The number of rotatable bonds is 14. The van der Waals surface area contributed by atoms with Crippen LogP contribution in [0.1, 0.15) is 83.7 Å². The van der Waals surface area contributed by atoms with Gasteiger partial charge in [-0.1, -0.05) is 13.8 Å². The molecule has 61 heavy (non-hydrogen) atoms. The average Bonchev–Trinajstić information content (AvgIpc) is 3.82. The van der Waals surface area contributed by atoms with Crippen LogP contribution in [0.2, 0.25) is 0 Å². The first-order valence-corrected chi connectivity index (χ1v) is 21.8. The number of anilines is 1. The highest BCUT2D eigenvalue weighted by Gasteiger charge is 2.35. The summed E-state index contributed by atoms with van der Waals surface area (Å²) in [5.41, 5.74) is 7.29. The number of carbonyl (C=O) groups excluding carboxylic acids is 3. The van der Waals surface area contributed by atoms with Gasteiger partial charge in [0.1, 0.15) is 23.5 Å². The van der Waals surface area contributed by atoms with Crippen molar-refractivity contribution < 1.29 is 42.8 Å². The van der Waals surface area contributed by atoms with Crippen LogP contribution in [0.15, 0.2) is 29.8 Å². The van der Waals surface area contributed by atoms with Crippen LogP contribution >= 0.6 is 11.3 Å². The number of aliphatic hydroxyl groups excluding tert-OH is 1. The maximum atomic E-state index is 16.6. The zero-order valence-electron chi connectivity index (χ0n) is 36.7. The highest BCUT2D eigenvalue weighted by atomic mass is 32.1. The fraction of sp³-hybridized carbons (Fsp3) is 0.568. The van der Waals surface area contributed by atoms with Crippen molar-refractivity contribution in [1.82, 2.24) is 30.3 Å². The van der Waals surface area contributed by atoms with Gasteiger partial charge in [0.2, 0.25) is 0 Å². The number of hydrogen-bond donors (Lipinski definition) is 3. The summed E-state index contributed by atoms with van der Waals surface area (Å²) in [5.74, 6) is -1.46. The summed E-state index contributed by atoms with van der Waals surface area (Å²) in [5, 5.41) is 17.6. The Morgan fingerprint density at radius 2 is 1.84 bits per heavy atom. The lowest BCUT2D eigenvalue weighted by molar-refractivity contribution is -0.150. The summed E-state index contributed by atoms with van der Waals surface area (Å²) < 4.78 is 40.6. The molecular formula is C44H60FN7O8S. The SMILES string of the molecule is CCn1c(-c2cc(N3CCOCC3)cnc2[C@H](C)OC)c(CC(C)(C)CO)c2cc(-c3csc(C[C@H](NC(=O)OC(C)(C)C)C(=O)N4CCC[C@@H](C(=O)OC)N4)n3)c(F)cc21. The second-order valence-electron chi connectivity index (χ2n) is 17.4. The number of thiazole rings is 1. The number of amides is 2. The van der Waals surface area contributed by atoms with Crippen molar-refractivity contribution in [3.05, 3.63) is 51.9 Å². The van der Waals surface area contributed by atoms with Crippen molar-refractivity contribution in [2.75, 3.05) is 58.6 Å². The van der Waals surface area contributed by atoms with Gasteiger partial charge in [-0.05, 0) is 83.1 Å². The van der Waals surface area contributed by atoms with Gasteiger partial charge in [0.15, 0.2) is 0 Å². The van der Waals surface area contributed by atoms with Crippen molar-refractivity contribution in [2.24, 2.45) is 5.41 Å². The van der Waals surface area contributed by atoms with E-state index in [0.29, 0.717) is 61.8 Å². The van der Waals surface area contributed by atoms with E-state index in [2.05, 4.69) is 26.3 Å². The van der Waals surface area contributed by atoms with Crippen molar-refractivity contribution in [1.29, 1.82) is 0 Å². The quantitative estimate of drug-likeness (QED) is 0.123. The van der Waals surface area contributed by atoms with E-state index in [1.54, 1.807) is 39.3 Å². The molecule has 2 amide bonds. The molecule has 2 fully saturated rings. The molecule has 3 aromatic heterocycles. The minimum absolute atomic E-state index is 0.0209. The fourth-order valence-electron chi connectivity index (χ4n) is 7.87. The van der Waals surface area contributed by atoms with Crippen LogP contribution in [0.4, 0.5) is 14.9 Å². The van der Waals surface area contributed by atoms with Gasteiger partial charge in [-0.3, -0.25) is 19.6 Å². The minimum atomic E-state index is -1.12. The zero-order valence-corrected chi connectivity index (χ0v) is 37.5. The lowest BCUT2D eigenvalue weighted by Gasteiger charge is -2.34. The van der Waals surface area contributed by atoms with Crippen LogP contribution in [0.5, 0.6) is 0 Å². The van der Waals surface area contributed by atoms with Gasteiger partial charge in [0.05, 0.1) is 65.9 Å². The second-order valence-corrected chi connectivity index (χ2v) is 18.3. The molecule has 1 aromatic carbocycles. The van der Waals surface area contributed by atoms with E-state index in [4.69, 9.17) is 28.9 Å². The van der Waals surface area contributed by atoms with E-state index in [0.717, 1.165) is 46.7 Å². The molecule has 0 aliphatic carbocycles. The normalized spacial score (nSPS) is 17.3. The Bertz CT molecular complexity index is 2210. The summed E-state index contributed by atoms with van der Waals surface area (Å²) in [7, 11) is 2.94. The Hall–Kier alpha value is -4.68. The molecular weight excluding hydrogens is 806 g/mol. The standard InChI is InChI=1S/C44H60FN7O8S/c1-10-51-36-20-32(45)29(35-24-61-37(47-35)21-34(48-42(56)60-43(3,4)5)40(54)52-13-11-12-33(49-52)41(55)58-9)19-28(36)31(22-44(6,7)25-53)39(51)30-18-27(50-14-16-59-17-15-50)23-46-38(30)26(2)57-8/h18-20,23-24,26,33-34,49,53H,10-17,21-22,25H2,1-9H3,(H,48,56)/t26-,33-,34-/m0/s1. The Morgan fingerprint density at radius 3 is 2.49 bits per heavy atom. The molecule has 17 heteroatoms. The van der Waals surface area contributed by atoms with Crippen LogP contribution in [-0.2, 0) is 47.9 Å². The van der Waals surface area contributed by atoms with E-state index < -0.39 is 46.9 Å².